The molecule has 0 aliphatic heterocycles. The molecule has 4 N–H and O–H groups in total. The molecule has 3 aromatic rings. The molecular formula is C18H16F3N7. The average Bonchev–Trinajstić information content (AvgIpc) is 3.26. The van der Waals surface area contributed by atoms with Gasteiger partial charge >= 0.3 is 6.18 Å². The molecule has 10 heteroatoms. The number of pyridine rings is 1. The number of nitrogens with zero attached hydrogens (tertiary/aromatic N) is 4. The van der Waals surface area contributed by atoms with Crippen LogP contribution in [0.3, 0.4) is 0 Å². The molecule has 28 heavy (non-hydrogen) atoms. The van der Waals surface area contributed by atoms with Crippen LogP contribution in [0.15, 0.2) is 24.5 Å². The van der Waals surface area contributed by atoms with Gasteiger partial charge in [0.1, 0.15) is 23.0 Å². The number of alkyl halides is 3. The number of aromatic nitrogens is 4. The van der Waals surface area contributed by atoms with E-state index in [0.29, 0.717) is 17.5 Å². The highest BCUT2D eigenvalue weighted by Crippen LogP contribution is 2.38. The Bertz CT molecular complexity index is 1070. The summed E-state index contributed by atoms with van der Waals surface area (Å²) < 4.78 is 40.7. The molecule has 3 aromatic heterocycles. The lowest BCUT2D eigenvalue weighted by Crippen LogP contribution is -2.22. The van der Waals surface area contributed by atoms with E-state index < -0.39 is 11.7 Å². The average molecular weight is 387 g/mol. The zero-order chi connectivity index (χ0) is 19.9. The van der Waals surface area contributed by atoms with E-state index in [0.717, 1.165) is 19.0 Å². The van der Waals surface area contributed by atoms with Crippen LogP contribution in [0, 0.1) is 11.3 Å². The summed E-state index contributed by atoms with van der Waals surface area (Å²) in [6, 6.07) is 5.00. The summed E-state index contributed by atoms with van der Waals surface area (Å²) in [5.41, 5.74) is 5.43. The lowest BCUT2D eigenvalue weighted by Gasteiger charge is -2.16. The van der Waals surface area contributed by atoms with Crippen LogP contribution in [0.1, 0.15) is 30.5 Å². The smallest absolute Gasteiger partial charge is 0.351 e. The molecule has 0 spiro atoms. The standard InChI is InChI=1S/C18H16F3N7/c19-18(20,21)14-8-25-17(27-10-2-1-9(23)5-10)28-15(14)13-7-24-16-12(13)4-3-11(6-22)26-16/h3-4,7-10H,1-2,5,23H2,(H,24,26)(H,25,27,28)/t9-,10-/m0/s1. The summed E-state index contributed by atoms with van der Waals surface area (Å²) in [7, 11) is 0. The second-order valence-electron chi connectivity index (χ2n) is 6.77. The van der Waals surface area contributed by atoms with Gasteiger partial charge in [0.15, 0.2) is 0 Å². The number of H-pyrrole nitrogens is 1. The van der Waals surface area contributed by atoms with Crippen molar-refractivity contribution < 1.29 is 13.2 Å². The van der Waals surface area contributed by atoms with Crippen LogP contribution in [-0.2, 0) is 6.18 Å². The van der Waals surface area contributed by atoms with Gasteiger partial charge in [0, 0.05) is 35.4 Å². The molecule has 4 rings (SSSR count). The Hall–Kier alpha value is -3.19. The number of fused-ring (bicyclic) bond motifs is 1. The molecule has 0 saturated heterocycles. The minimum absolute atomic E-state index is 0.0300. The van der Waals surface area contributed by atoms with Gasteiger partial charge < -0.3 is 16.0 Å². The highest BCUT2D eigenvalue weighted by molar-refractivity contribution is 5.93. The first-order valence-electron chi connectivity index (χ1n) is 8.70. The fourth-order valence-corrected chi connectivity index (χ4v) is 3.46. The van der Waals surface area contributed by atoms with Crippen molar-refractivity contribution in [3.63, 3.8) is 0 Å². The Balaban J connectivity index is 1.79. The largest absolute Gasteiger partial charge is 0.419 e. The van der Waals surface area contributed by atoms with E-state index in [9.17, 15) is 13.2 Å². The van der Waals surface area contributed by atoms with E-state index in [-0.39, 0.29) is 35.0 Å². The molecule has 0 unspecified atom stereocenters. The molecule has 1 aliphatic carbocycles. The SMILES string of the molecule is N#Cc1ccc2c(-c3nc(N[C@H]4CC[C@H](N)C4)ncc3C(F)(F)F)c[nH]c2n1. The first-order chi connectivity index (χ1) is 13.3. The maximum atomic E-state index is 13.6. The Kier molecular flexibility index (Phi) is 4.39. The summed E-state index contributed by atoms with van der Waals surface area (Å²) >= 11 is 0. The summed E-state index contributed by atoms with van der Waals surface area (Å²) in [5, 5.41) is 12.5. The normalized spacial score (nSPS) is 19.7. The first kappa shape index (κ1) is 18.2. The molecule has 0 aromatic carbocycles. The van der Waals surface area contributed by atoms with Crippen LogP contribution < -0.4 is 11.1 Å². The van der Waals surface area contributed by atoms with Crippen molar-refractivity contribution in [3.05, 3.63) is 35.8 Å². The van der Waals surface area contributed by atoms with Crippen molar-refractivity contribution >= 4 is 17.0 Å². The Morgan fingerprint density at radius 3 is 2.75 bits per heavy atom. The van der Waals surface area contributed by atoms with Crippen molar-refractivity contribution in [3.8, 4) is 17.3 Å². The fourth-order valence-electron chi connectivity index (χ4n) is 3.46. The van der Waals surface area contributed by atoms with Gasteiger partial charge in [-0.05, 0) is 31.4 Å². The van der Waals surface area contributed by atoms with Crippen LogP contribution in [0.25, 0.3) is 22.3 Å². The summed E-state index contributed by atoms with van der Waals surface area (Å²) in [4.78, 5) is 14.9. The van der Waals surface area contributed by atoms with Crippen molar-refractivity contribution in [2.45, 2.75) is 37.5 Å². The first-order valence-corrected chi connectivity index (χ1v) is 8.70. The summed E-state index contributed by atoms with van der Waals surface area (Å²) in [5.74, 6) is 0.123. The molecule has 7 nitrogen and oxygen atoms in total. The van der Waals surface area contributed by atoms with Crippen molar-refractivity contribution in [2.24, 2.45) is 5.73 Å². The van der Waals surface area contributed by atoms with Gasteiger partial charge in [0.2, 0.25) is 5.95 Å². The predicted octanol–water partition coefficient (Wildman–Crippen LogP) is 3.20. The Morgan fingerprint density at radius 2 is 2.07 bits per heavy atom. The third kappa shape index (κ3) is 3.36. The lowest BCUT2D eigenvalue weighted by atomic mass is 10.1. The molecule has 1 fully saturated rings. The number of nitrogens with two attached hydrogens (primary N) is 1. The van der Waals surface area contributed by atoms with E-state index in [1.807, 2.05) is 6.07 Å². The van der Waals surface area contributed by atoms with E-state index in [4.69, 9.17) is 11.0 Å². The predicted molar refractivity (Wildman–Crippen MR) is 96.1 cm³/mol. The maximum Gasteiger partial charge on any atom is 0.419 e. The zero-order valence-electron chi connectivity index (χ0n) is 14.6. The molecule has 0 radical (unpaired) electrons. The Labute approximate surface area is 157 Å². The number of halogens is 3. The van der Waals surface area contributed by atoms with Gasteiger partial charge in [-0.15, -0.1) is 0 Å². The zero-order valence-corrected chi connectivity index (χ0v) is 14.6. The fraction of sp³-hybridized carbons (Fsp3) is 0.333. The van der Waals surface area contributed by atoms with E-state index in [1.54, 1.807) is 6.07 Å². The number of rotatable bonds is 3. The topological polar surface area (TPSA) is 116 Å². The van der Waals surface area contributed by atoms with Crippen LogP contribution in [0.4, 0.5) is 19.1 Å². The van der Waals surface area contributed by atoms with Gasteiger partial charge in [0.25, 0.3) is 0 Å². The van der Waals surface area contributed by atoms with Gasteiger partial charge in [-0.1, -0.05) is 0 Å². The third-order valence-corrected chi connectivity index (χ3v) is 4.81. The highest BCUT2D eigenvalue weighted by Gasteiger charge is 2.36. The van der Waals surface area contributed by atoms with Gasteiger partial charge in [-0.3, -0.25) is 0 Å². The molecule has 144 valence electrons. The second kappa shape index (κ2) is 6.76. The number of hydrogen-bond acceptors (Lipinski definition) is 6. The van der Waals surface area contributed by atoms with Gasteiger partial charge in [0.05, 0.1) is 5.69 Å². The van der Waals surface area contributed by atoms with E-state index >= 15 is 0 Å². The molecule has 1 aliphatic rings. The van der Waals surface area contributed by atoms with Crippen LogP contribution in [0.5, 0.6) is 0 Å². The monoisotopic (exact) mass is 387 g/mol. The van der Waals surface area contributed by atoms with Crippen molar-refractivity contribution in [2.75, 3.05) is 5.32 Å². The number of nitriles is 1. The molecule has 0 bridgehead atoms. The third-order valence-electron chi connectivity index (χ3n) is 4.81. The number of anilines is 1. The van der Waals surface area contributed by atoms with Crippen LogP contribution >= 0.6 is 0 Å². The Morgan fingerprint density at radius 1 is 1.25 bits per heavy atom. The minimum atomic E-state index is -4.62. The number of nitrogens with one attached hydrogen (secondary N) is 2. The van der Waals surface area contributed by atoms with Gasteiger partial charge in [-0.25, -0.2) is 15.0 Å². The number of hydrogen-bond donors (Lipinski definition) is 3. The van der Waals surface area contributed by atoms with Crippen molar-refractivity contribution in [1.29, 1.82) is 5.26 Å². The quantitative estimate of drug-likeness (QED) is 0.635. The molecular weight excluding hydrogens is 371 g/mol. The highest BCUT2D eigenvalue weighted by atomic mass is 19.4. The maximum absolute atomic E-state index is 13.6. The summed E-state index contributed by atoms with van der Waals surface area (Å²) in [6.45, 7) is 0. The van der Waals surface area contributed by atoms with Gasteiger partial charge in [-0.2, -0.15) is 18.4 Å². The molecule has 0 amide bonds. The van der Waals surface area contributed by atoms with Crippen LogP contribution in [0.2, 0.25) is 0 Å². The van der Waals surface area contributed by atoms with E-state index in [1.165, 1.54) is 12.3 Å². The summed E-state index contributed by atoms with van der Waals surface area (Å²) in [6.07, 6.45) is -0.0444. The van der Waals surface area contributed by atoms with Crippen molar-refractivity contribution in [1.82, 2.24) is 19.9 Å². The minimum Gasteiger partial charge on any atom is -0.351 e. The second-order valence-corrected chi connectivity index (χ2v) is 6.77. The van der Waals surface area contributed by atoms with E-state index in [2.05, 4.69) is 25.3 Å². The van der Waals surface area contributed by atoms with Crippen LogP contribution in [-0.4, -0.2) is 32.0 Å². The molecule has 2 atom stereocenters. The lowest BCUT2D eigenvalue weighted by molar-refractivity contribution is -0.137. The molecule has 3 heterocycles. The molecule has 1 saturated carbocycles. The number of aromatic amines is 1.